The van der Waals surface area contributed by atoms with Crippen LogP contribution >= 0.6 is 23.2 Å². The first-order valence-electron chi connectivity index (χ1n) is 16.2. The van der Waals surface area contributed by atoms with Gasteiger partial charge < -0.3 is 19.9 Å². The lowest BCUT2D eigenvalue weighted by Gasteiger charge is -2.15. The predicted octanol–water partition coefficient (Wildman–Crippen LogP) is 9.99. The quantitative estimate of drug-likeness (QED) is 0.0881. The molecule has 0 bridgehead atoms. The monoisotopic (exact) mass is 635 g/mol. The number of aliphatic hydroxyl groups is 1. The number of benzene rings is 2. The summed E-state index contributed by atoms with van der Waals surface area (Å²) < 4.78 is 10.4. The van der Waals surface area contributed by atoms with Crippen LogP contribution in [0.4, 0.5) is 11.4 Å². The Labute approximate surface area is 268 Å². The molecule has 6 nitrogen and oxygen atoms in total. The van der Waals surface area contributed by atoms with Gasteiger partial charge in [0.25, 0.3) is 0 Å². The Morgan fingerprint density at radius 1 is 0.698 bits per heavy atom. The highest BCUT2D eigenvalue weighted by Gasteiger charge is 2.15. The number of ether oxygens (including phenoxy) is 2. The Morgan fingerprint density at radius 2 is 1.19 bits per heavy atom. The van der Waals surface area contributed by atoms with Crippen molar-refractivity contribution < 1.29 is 24.2 Å². The van der Waals surface area contributed by atoms with Crippen LogP contribution in [0.25, 0.3) is 0 Å². The molecule has 0 saturated heterocycles. The molecule has 0 heterocycles. The van der Waals surface area contributed by atoms with Gasteiger partial charge in [-0.05, 0) is 30.2 Å². The molecule has 43 heavy (non-hydrogen) atoms. The fraction of sp³-hybridized carbons (Fsp3) is 0.600. The number of para-hydroxylation sites is 2. The summed E-state index contributed by atoms with van der Waals surface area (Å²) in [6.07, 6.45) is 18.3. The van der Waals surface area contributed by atoms with Crippen molar-refractivity contribution >= 4 is 46.5 Å². The van der Waals surface area contributed by atoms with Crippen LogP contribution in [0.15, 0.2) is 42.5 Å². The van der Waals surface area contributed by atoms with Crippen molar-refractivity contribution in [2.75, 3.05) is 18.5 Å². The van der Waals surface area contributed by atoms with Gasteiger partial charge in [-0.2, -0.15) is 0 Å². The van der Waals surface area contributed by atoms with E-state index in [1.165, 1.54) is 77.0 Å². The highest BCUT2D eigenvalue weighted by molar-refractivity contribution is 6.39. The number of carbonyl (C=O) groups is 2. The summed E-state index contributed by atoms with van der Waals surface area (Å²) in [5.74, 6) is -0.846. The fourth-order valence-electron chi connectivity index (χ4n) is 4.89. The minimum atomic E-state index is -1.08. The molecule has 2 aromatic rings. The molecule has 2 N–H and O–H groups in total. The standard InChI is InChI=1S/C35H51Cl2NO5/c1-2-3-4-5-6-7-8-9-10-11-12-13-14-15-16-24-33(40)42-26-29(39)27-43-34(41)25-28-20-17-18-23-32(28)38-35-30(36)21-19-22-31(35)37/h17-23,29,38-39H,2-16,24-27H2,1H3/t29-/m0/s1. The molecule has 0 aliphatic rings. The number of halogens is 2. The Balaban J connectivity index is 1.50. The number of unbranched alkanes of at least 4 members (excludes halogenated alkanes) is 14. The Bertz CT molecular complexity index is 1040. The molecule has 0 aliphatic heterocycles. The SMILES string of the molecule is CCCCCCCCCCCCCCCCCC(=O)OC[C@H](O)COC(=O)Cc1ccccc1Nc1c(Cl)cccc1Cl. The van der Waals surface area contributed by atoms with E-state index in [4.69, 9.17) is 32.7 Å². The number of esters is 2. The van der Waals surface area contributed by atoms with Crippen LogP contribution in [0.3, 0.4) is 0 Å². The Morgan fingerprint density at radius 3 is 1.74 bits per heavy atom. The maximum Gasteiger partial charge on any atom is 0.310 e. The van der Waals surface area contributed by atoms with E-state index in [2.05, 4.69) is 12.2 Å². The van der Waals surface area contributed by atoms with Gasteiger partial charge in [0.1, 0.15) is 19.3 Å². The number of hydrogen-bond donors (Lipinski definition) is 2. The summed E-state index contributed by atoms with van der Waals surface area (Å²) in [6.45, 7) is 1.81. The molecule has 0 amide bonds. The van der Waals surface area contributed by atoms with Gasteiger partial charge in [-0.3, -0.25) is 9.59 Å². The molecule has 1 atom stereocenters. The van der Waals surface area contributed by atoms with Crippen LogP contribution in [0, 0.1) is 0 Å². The van der Waals surface area contributed by atoms with Crippen molar-refractivity contribution in [1.29, 1.82) is 0 Å². The van der Waals surface area contributed by atoms with Crippen molar-refractivity contribution in [3.63, 3.8) is 0 Å². The minimum Gasteiger partial charge on any atom is -0.463 e. The van der Waals surface area contributed by atoms with Crippen molar-refractivity contribution in [2.45, 2.75) is 122 Å². The van der Waals surface area contributed by atoms with Gasteiger partial charge >= 0.3 is 11.9 Å². The summed E-state index contributed by atoms with van der Waals surface area (Å²) in [7, 11) is 0. The van der Waals surface area contributed by atoms with E-state index >= 15 is 0 Å². The van der Waals surface area contributed by atoms with E-state index < -0.39 is 12.1 Å². The van der Waals surface area contributed by atoms with E-state index in [-0.39, 0.29) is 25.6 Å². The van der Waals surface area contributed by atoms with Crippen LogP contribution in [-0.2, 0) is 25.5 Å². The van der Waals surface area contributed by atoms with Gasteiger partial charge in [0.15, 0.2) is 0 Å². The molecule has 2 aromatic carbocycles. The van der Waals surface area contributed by atoms with E-state index in [0.29, 0.717) is 33.4 Å². The zero-order valence-electron chi connectivity index (χ0n) is 25.9. The van der Waals surface area contributed by atoms with Crippen molar-refractivity contribution in [3.8, 4) is 0 Å². The molecule has 8 heteroatoms. The molecule has 0 unspecified atom stereocenters. The third-order valence-corrected chi connectivity index (χ3v) is 8.06. The summed E-state index contributed by atoms with van der Waals surface area (Å²) in [4.78, 5) is 24.5. The topological polar surface area (TPSA) is 84.9 Å². The maximum absolute atomic E-state index is 12.4. The minimum absolute atomic E-state index is 0.0169. The van der Waals surface area contributed by atoms with Crippen LogP contribution in [0.5, 0.6) is 0 Å². The van der Waals surface area contributed by atoms with Crippen molar-refractivity contribution in [2.24, 2.45) is 0 Å². The second-order valence-electron chi connectivity index (χ2n) is 11.3. The summed E-state index contributed by atoms with van der Waals surface area (Å²) >= 11 is 12.5. The van der Waals surface area contributed by atoms with Gasteiger partial charge in [-0.25, -0.2) is 0 Å². The normalized spacial score (nSPS) is 11.7. The highest BCUT2D eigenvalue weighted by Crippen LogP contribution is 2.33. The molecule has 0 spiro atoms. The summed E-state index contributed by atoms with van der Waals surface area (Å²) in [6, 6.07) is 12.5. The Kier molecular flexibility index (Phi) is 19.9. The number of anilines is 2. The Hall–Kier alpha value is -2.28. The first-order chi connectivity index (χ1) is 20.9. The highest BCUT2D eigenvalue weighted by atomic mass is 35.5. The third kappa shape index (κ3) is 17.0. The lowest BCUT2D eigenvalue weighted by molar-refractivity contribution is -0.152. The smallest absolute Gasteiger partial charge is 0.310 e. The molecular weight excluding hydrogens is 585 g/mol. The third-order valence-electron chi connectivity index (χ3n) is 7.43. The number of rotatable bonds is 24. The van der Waals surface area contributed by atoms with E-state index in [9.17, 15) is 14.7 Å². The average molecular weight is 637 g/mol. The molecule has 0 aromatic heterocycles. The molecule has 0 saturated carbocycles. The van der Waals surface area contributed by atoms with Crippen molar-refractivity contribution in [1.82, 2.24) is 0 Å². The zero-order chi connectivity index (χ0) is 31.1. The van der Waals surface area contributed by atoms with E-state index in [1.54, 1.807) is 24.3 Å². The lowest BCUT2D eigenvalue weighted by Crippen LogP contribution is -2.26. The van der Waals surface area contributed by atoms with Gasteiger partial charge in [0.2, 0.25) is 0 Å². The predicted molar refractivity (Wildman–Crippen MR) is 177 cm³/mol. The average Bonchev–Trinajstić information content (AvgIpc) is 2.99. The van der Waals surface area contributed by atoms with Crippen molar-refractivity contribution in [3.05, 3.63) is 58.1 Å². The largest absolute Gasteiger partial charge is 0.463 e. The summed E-state index contributed by atoms with van der Waals surface area (Å²) in [5, 5.41) is 14.2. The van der Waals surface area contributed by atoms with Crippen LogP contribution in [-0.4, -0.2) is 36.4 Å². The molecule has 240 valence electrons. The van der Waals surface area contributed by atoms with Gasteiger partial charge in [-0.1, -0.05) is 144 Å². The first-order valence-corrected chi connectivity index (χ1v) is 16.9. The molecule has 0 fully saturated rings. The molecule has 0 radical (unpaired) electrons. The van der Waals surface area contributed by atoms with Gasteiger partial charge in [-0.15, -0.1) is 0 Å². The second-order valence-corrected chi connectivity index (χ2v) is 12.1. The molecule has 0 aliphatic carbocycles. The van der Waals surface area contributed by atoms with Gasteiger partial charge in [0, 0.05) is 12.1 Å². The zero-order valence-corrected chi connectivity index (χ0v) is 27.4. The molecule has 2 rings (SSSR count). The van der Waals surface area contributed by atoms with Crippen LogP contribution in [0.1, 0.15) is 115 Å². The number of aliphatic hydroxyl groups excluding tert-OH is 1. The number of carbonyl (C=O) groups excluding carboxylic acids is 2. The van der Waals surface area contributed by atoms with Crippen LogP contribution in [0.2, 0.25) is 10.0 Å². The van der Waals surface area contributed by atoms with E-state index in [1.807, 2.05) is 18.2 Å². The maximum atomic E-state index is 12.4. The number of nitrogens with one attached hydrogen (secondary N) is 1. The van der Waals surface area contributed by atoms with E-state index in [0.717, 1.165) is 19.3 Å². The van der Waals surface area contributed by atoms with Crippen LogP contribution < -0.4 is 5.32 Å². The number of hydrogen-bond acceptors (Lipinski definition) is 6. The molecular formula is C35H51Cl2NO5. The van der Waals surface area contributed by atoms with Gasteiger partial charge in [0.05, 0.1) is 22.2 Å². The summed E-state index contributed by atoms with van der Waals surface area (Å²) in [5.41, 5.74) is 1.91. The first kappa shape index (κ1) is 36.9. The second kappa shape index (κ2) is 23.1. The lowest BCUT2D eigenvalue weighted by atomic mass is 10.0. The fourth-order valence-corrected chi connectivity index (χ4v) is 5.39.